The number of hydrogen-bond donors (Lipinski definition) is 2. The third-order valence-corrected chi connectivity index (χ3v) is 4.17. The van der Waals surface area contributed by atoms with E-state index in [1.54, 1.807) is 11.3 Å². The maximum Gasteiger partial charge on any atom is 0.240 e. The summed E-state index contributed by atoms with van der Waals surface area (Å²) in [6, 6.07) is 4.35. The molecule has 19 heavy (non-hydrogen) atoms. The van der Waals surface area contributed by atoms with Gasteiger partial charge in [-0.15, -0.1) is 36.2 Å². The van der Waals surface area contributed by atoms with Crippen molar-refractivity contribution >= 4 is 42.1 Å². The number of hydrogen-bond acceptors (Lipinski definition) is 4. The van der Waals surface area contributed by atoms with E-state index in [4.69, 9.17) is 5.73 Å². The molecule has 110 valence electrons. The lowest BCUT2D eigenvalue weighted by Crippen LogP contribution is -2.45. The predicted molar refractivity (Wildman–Crippen MR) is 84.4 cm³/mol. The molecule has 1 aromatic rings. The van der Waals surface area contributed by atoms with Crippen LogP contribution in [0.25, 0.3) is 0 Å². The topological polar surface area (TPSA) is 58.4 Å². The molecule has 3 N–H and O–H groups in total. The van der Waals surface area contributed by atoms with Gasteiger partial charge in [0, 0.05) is 11.4 Å². The van der Waals surface area contributed by atoms with E-state index >= 15 is 0 Å². The fourth-order valence-electron chi connectivity index (χ4n) is 1.75. The third kappa shape index (κ3) is 4.61. The van der Waals surface area contributed by atoms with Crippen molar-refractivity contribution in [3.05, 3.63) is 22.4 Å². The number of amides is 1. The Bertz CT molecular complexity index is 394. The van der Waals surface area contributed by atoms with Crippen LogP contribution in [0, 0.1) is 0 Å². The highest BCUT2D eigenvalue weighted by Gasteiger charge is 2.45. The predicted octanol–water partition coefficient (Wildman–Crippen LogP) is 1.80. The van der Waals surface area contributed by atoms with E-state index in [0.717, 1.165) is 12.8 Å². The maximum absolute atomic E-state index is 11.8. The maximum atomic E-state index is 11.8. The van der Waals surface area contributed by atoms with Crippen molar-refractivity contribution in [3.8, 4) is 0 Å². The fourth-order valence-corrected chi connectivity index (χ4v) is 2.67. The Labute approximate surface area is 130 Å². The van der Waals surface area contributed by atoms with Gasteiger partial charge in [0.05, 0.1) is 11.6 Å². The summed E-state index contributed by atoms with van der Waals surface area (Å²) in [6.45, 7) is 0.616. The molecule has 1 saturated carbocycles. The minimum atomic E-state index is -0.577. The molecule has 1 aliphatic carbocycles. The van der Waals surface area contributed by atoms with Gasteiger partial charge < -0.3 is 16.0 Å². The van der Waals surface area contributed by atoms with Crippen LogP contribution in [0.4, 0.5) is 0 Å². The molecule has 0 radical (unpaired) electrons. The Balaban J connectivity index is 0.00000162. The van der Waals surface area contributed by atoms with Gasteiger partial charge in [-0.3, -0.25) is 4.79 Å². The van der Waals surface area contributed by atoms with Crippen molar-refractivity contribution in [2.45, 2.75) is 24.4 Å². The van der Waals surface area contributed by atoms with Gasteiger partial charge >= 0.3 is 0 Å². The van der Waals surface area contributed by atoms with Gasteiger partial charge in [0.25, 0.3) is 0 Å². The Morgan fingerprint density at radius 3 is 2.58 bits per heavy atom. The number of carbonyl (C=O) groups is 1. The summed E-state index contributed by atoms with van der Waals surface area (Å²) in [5.41, 5.74) is 5.27. The molecular weight excluding hydrogens is 305 g/mol. The zero-order valence-electron chi connectivity index (χ0n) is 11.1. The molecule has 1 amide bonds. The van der Waals surface area contributed by atoms with E-state index in [9.17, 15) is 4.79 Å². The minimum Gasteiger partial charge on any atom is -0.353 e. The van der Waals surface area contributed by atoms with Crippen LogP contribution in [0.1, 0.15) is 23.8 Å². The number of likely N-dealkylation sites (N-methyl/N-ethyl adjacent to an activating group) is 1. The van der Waals surface area contributed by atoms with Crippen molar-refractivity contribution < 1.29 is 4.79 Å². The number of nitrogens with one attached hydrogen (secondary N) is 1. The number of halogens is 2. The highest BCUT2D eigenvalue weighted by molar-refractivity contribution is 7.10. The Kier molecular flexibility index (Phi) is 7.32. The molecule has 0 aromatic carbocycles. The zero-order chi connectivity index (χ0) is 12.5. The van der Waals surface area contributed by atoms with E-state index in [1.807, 2.05) is 20.2 Å². The molecule has 0 spiro atoms. The first-order valence-corrected chi connectivity index (χ1v) is 6.68. The van der Waals surface area contributed by atoms with Gasteiger partial charge in [-0.2, -0.15) is 0 Å². The van der Waals surface area contributed by atoms with Gasteiger partial charge in [0.15, 0.2) is 0 Å². The average Bonchev–Trinajstić information content (AvgIpc) is 2.81. The van der Waals surface area contributed by atoms with Crippen LogP contribution < -0.4 is 11.1 Å². The molecule has 1 unspecified atom stereocenters. The van der Waals surface area contributed by atoms with Crippen molar-refractivity contribution in [3.63, 3.8) is 0 Å². The van der Waals surface area contributed by atoms with Crippen LogP contribution in [0.3, 0.4) is 0 Å². The van der Waals surface area contributed by atoms with Gasteiger partial charge in [0.1, 0.15) is 0 Å². The first-order valence-electron chi connectivity index (χ1n) is 5.80. The summed E-state index contributed by atoms with van der Waals surface area (Å²) in [5.74, 6) is -0.0130. The van der Waals surface area contributed by atoms with Crippen molar-refractivity contribution in [2.75, 3.05) is 20.6 Å². The normalized spacial score (nSPS) is 17.1. The van der Waals surface area contributed by atoms with E-state index in [0.29, 0.717) is 6.54 Å². The molecular formula is C12H21Cl2N3OS. The second-order valence-corrected chi connectivity index (χ2v) is 5.84. The molecule has 1 heterocycles. The average molecular weight is 326 g/mol. The van der Waals surface area contributed by atoms with Gasteiger partial charge in [-0.1, -0.05) is 6.07 Å². The minimum absolute atomic E-state index is 0. The Hall–Kier alpha value is -0.330. The monoisotopic (exact) mass is 325 g/mol. The highest BCUT2D eigenvalue weighted by Crippen LogP contribution is 2.32. The summed E-state index contributed by atoms with van der Waals surface area (Å²) >= 11 is 1.71. The molecule has 4 nitrogen and oxygen atoms in total. The smallest absolute Gasteiger partial charge is 0.240 e. The number of rotatable bonds is 5. The van der Waals surface area contributed by atoms with Gasteiger partial charge in [0.2, 0.25) is 5.91 Å². The molecule has 1 aliphatic rings. The van der Waals surface area contributed by atoms with E-state index in [-0.39, 0.29) is 36.8 Å². The largest absolute Gasteiger partial charge is 0.353 e. The summed E-state index contributed by atoms with van der Waals surface area (Å²) in [6.07, 6.45) is 1.62. The fraction of sp³-hybridized carbons (Fsp3) is 0.583. The second-order valence-electron chi connectivity index (χ2n) is 4.86. The Morgan fingerprint density at radius 2 is 2.16 bits per heavy atom. The molecule has 1 fully saturated rings. The third-order valence-electron chi connectivity index (χ3n) is 3.19. The number of carbonyl (C=O) groups excluding carboxylic acids is 1. The lowest BCUT2D eigenvalue weighted by Gasteiger charge is -2.24. The number of nitrogens with zero attached hydrogens (tertiary/aromatic N) is 1. The van der Waals surface area contributed by atoms with Crippen LogP contribution in [-0.4, -0.2) is 37.0 Å². The number of nitrogens with two attached hydrogens (primary N) is 1. The zero-order valence-corrected chi connectivity index (χ0v) is 13.5. The standard InChI is InChI=1S/C12H19N3OS.2ClH/c1-15(2)9(10-4-3-7-17-10)8-14-11(16)12(13)5-6-12;;/h3-4,7,9H,5-6,8,13H2,1-2H3,(H,14,16);2*1H. The second kappa shape index (κ2) is 7.45. The number of thiophene rings is 1. The van der Waals surface area contributed by atoms with E-state index in [2.05, 4.69) is 21.7 Å². The lowest BCUT2D eigenvalue weighted by atomic mass is 10.2. The molecule has 2 rings (SSSR count). The lowest BCUT2D eigenvalue weighted by molar-refractivity contribution is -0.123. The summed E-state index contributed by atoms with van der Waals surface area (Å²) in [5, 5.41) is 5.01. The van der Waals surface area contributed by atoms with Crippen LogP contribution >= 0.6 is 36.2 Å². The van der Waals surface area contributed by atoms with Crippen molar-refractivity contribution in [2.24, 2.45) is 5.73 Å². The van der Waals surface area contributed by atoms with Crippen molar-refractivity contribution in [1.29, 1.82) is 0 Å². The Morgan fingerprint density at radius 1 is 1.53 bits per heavy atom. The van der Waals surface area contributed by atoms with Crippen molar-refractivity contribution in [1.82, 2.24) is 10.2 Å². The SMILES string of the molecule is CN(C)C(CNC(=O)C1(N)CC1)c1cccs1.Cl.Cl. The van der Waals surface area contributed by atoms with E-state index in [1.165, 1.54) is 4.88 Å². The van der Waals surface area contributed by atoms with Gasteiger partial charge in [-0.25, -0.2) is 0 Å². The molecule has 0 saturated heterocycles. The summed E-state index contributed by atoms with van der Waals surface area (Å²) < 4.78 is 0. The molecule has 1 atom stereocenters. The van der Waals surface area contributed by atoms with E-state index < -0.39 is 5.54 Å². The van der Waals surface area contributed by atoms with Crippen LogP contribution in [0.15, 0.2) is 17.5 Å². The molecule has 0 bridgehead atoms. The first kappa shape index (κ1) is 18.7. The first-order chi connectivity index (χ1) is 8.03. The molecule has 7 heteroatoms. The molecule has 0 aliphatic heterocycles. The van der Waals surface area contributed by atoms with Crippen LogP contribution in [0.5, 0.6) is 0 Å². The molecule has 1 aromatic heterocycles. The highest BCUT2D eigenvalue weighted by atomic mass is 35.5. The summed E-state index contributed by atoms with van der Waals surface area (Å²) in [4.78, 5) is 15.1. The summed E-state index contributed by atoms with van der Waals surface area (Å²) in [7, 11) is 4.04. The van der Waals surface area contributed by atoms with Crippen LogP contribution in [-0.2, 0) is 4.79 Å². The van der Waals surface area contributed by atoms with Crippen LogP contribution in [0.2, 0.25) is 0 Å². The van der Waals surface area contributed by atoms with Gasteiger partial charge in [-0.05, 0) is 38.4 Å². The quantitative estimate of drug-likeness (QED) is 0.867.